The number of nitrogens with zero attached hydrogens (tertiary/aromatic N) is 2. The summed E-state index contributed by atoms with van der Waals surface area (Å²) < 4.78 is 40.9. The number of aromatic nitrogens is 1. The van der Waals surface area contributed by atoms with E-state index in [0.29, 0.717) is 22.5 Å². The Labute approximate surface area is 208 Å². The van der Waals surface area contributed by atoms with E-state index in [2.05, 4.69) is 4.85 Å². The summed E-state index contributed by atoms with van der Waals surface area (Å²) in [4.78, 5) is 3.84. The summed E-state index contributed by atoms with van der Waals surface area (Å²) in [6.45, 7) is 15.1. The van der Waals surface area contributed by atoms with Gasteiger partial charge in [0.25, 0.3) is 0 Å². The molecular formula is C31H28FN2O+. The first-order valence-corrected chi connectivity index (χ1v) is 11.6. The van der Waals surface area contributed by atoms with E-state index >= 15 is 4.39 Å². The van der Waals surface area contributed by atoms with Crippen LogP contribution in [0.3, 0.4) is 0 Å². The number of rotatable bonds is 3. The molecule has 0 N–H and O–H groups in total. The van der Waals surface area contributed by atoms with Crippen LogP contribution in [0.1, 0.15) is 34.6 Å². The minimum atomic E-state index is -1.87. The van der Waals surface area contributed by atoms with Gasteiger partial charge in [-0.2, -0.15) is 0 Å². The van der Waals surface area contributed by atoms with Gasteiger partial charge in [0.2, 0.25) is 11.4 Å². The van der Waals surface area contributed by atoms with Gasteiger partial charge in [0.05, 0.1) is 17.7 Å². The summed E-state index contributed by atoms with van der Waals surface area (Å²) in [5, 5.41) is 1.67. The van der Waals surface area contributed by atoms with Crippen molar-refractivity contribution in [2.24, 2.45) is 12.5 Å². The molecule has 2 aromatic heterocycles. The van der Waals surface area contributed by atoms with Crippen molar-refractivity contribution < 1.29 is 16.1 Å². The van der Waals surface area contributed by atoms with E-state index in [1.54, 1.807) is 32.4 Å². The summed E-state index contributed by atoms with van der Waals surface area (Å²) in [6, 6.07) is 19.0. The van der Waals surface area contributed by atoms with Gasteiger partial charge in [-0.15, -0.1) is 0 Å². The maximum atomic E-state index is 15.5. The standard InChI is InChI=1S/C31H28FN2O/c1-19-12-13-23-24-15-14-22(20-10-8-7-9-11-20)28(33-5)30(24)35-29(23)27(19)26-16-25(32)21(18-34(26)6)17-31(2,3)4/h7-16,18H,17H2,1-4,6H3/q+1/i17D2. The van der Waals surface area contributed by atoms with Crippen LogP contribution in [-0.2, 0) is 13.4 Å². The fourth-order valence-corrected chi connectivity index (χ4v) is 4.64. The summed E-state index contributed by atoms with van der Waals surface area (Å²) in [5.41, 5.74) is 4.65. The Morgan fingerprint density at radius 1 is 1.03 bits per heavy atom. The van der Waals surface area contributed by atoms with E-state index < -0.39 is 17.6 Å². The number of hydrogen-bond acceptors (Lipinski definition) is 1. The topological polar surface area (TPSA) is 21.4 Å². The quantitative estimate of drug-likeness (QED) is 0.194. The van der Waals surface area contributed by atoms with Crippen LogP contribution < -0.4 is 4.57 Å². The van der Waals surface area contributed by atoms with Crippen LogP contribution in [0, 0.1) is 24.7 Å². The van der Waals surface area contributed by atoms with Crippen molar-refractivity contribution in [2.45, 2.75) is 34.1 Å². The Morgan fingerprint density at radius 2 is 1.71 bits per heavy atom. The third kappa shape index (κ3) is 3.98. The van der Waals surface area contributed by atoms with Crippen molar-refractivity contribution in [1.82, 2.24) is 0 Å². The van der Waals surface area contributed by atoms with E-state index in [1.807, 2.05) is 61.5 Å². The fourth-order valence-electron chi connectivity index (χ4n) is 4.64. The average molecular weight is 466 g/mol. The highest BCUT2D eigenvalue weighted by molar-refractivity contribution is 6.14. The zero-order chi connectivity index (χ0) is 26.7. The fraction of sp³-hybridized carbons (Fsp3) is 0.226. The molecular weight excluding hydrogens is 435 g/mol. The lowest BCUT2D eigenvalue weighted by atomic mass is 9.88. The molecule has 0 aliphatic heterocycles. The molecule has 0 aliphatic carbocycles. The van der Waals surface area contributed by atoms with Crippen LogP contribution in [0.15, 0.2) is 71.3 Å². The second kappa shape index (κ2) is 8.36. The maximum absolute atomic E-state index is 15.5. The van der Waals surface area contributed by atoms with Gasteiger partial charge in [0, 0.05) is 19.6 Å². The number of halogens is 1. The number of furan rings is 1. The predicted octanol–water partition coefficient (Wildman–Crippen LogP) is 8.33. The lowest BCUT2D eigenvalue weighted by Gasteiger charge is -2.18. The van der Waals surface area contributed by atoms with E-state index in [4.69, 9.17) is 13.7 Å². The number of aryl methyl sites for hydroxylation is 2. The average Bonchev–Trinajstić information content (AvgIpc) is 3.23. The zero-order valence-electron chi connectivity index (χ0n) is 22.5. The minimum Gasteiger partial charge on any atom is -0.466 e. The summed E-state index contributed by atoms with van der Waals surface area (Å²) in [5.74, 6) is -0.603. The molecule has 4 heteroatoms. The maximum Gasteiger partial charge on any atom is 0.237 e. The van der Waals surface area contributed by atoms with E-state index in [1.165, 1.54) is 12.3 Å². The monoisotopic (exact) mass is 465 g/mol. The molecule has 5 rings (SSSR count). The summed E-state index contributed by atoms with van der Waals surface area (Å²) >= 11 is 0. The smallest absolute Gasteiger partial charge is 0.237 e. The van der Waals surface area contributed by atoms with Crippen LogP contribution in [0.2, 0.25) is 0 Å². The second-order valence-corrected chi connectivity index (χ2v) is 9.96. The molecule has 0 saturated carbocycles. The Balaban J connectivity index is 1.79. The van der Waals surface area contributed by atoms with E-state index in [9.17, 15) is 0 Å². The molecule has 0 radical (unpaired) electrons. The molecule has 0 saturated heterocycles. The van der Waals surface area contributed by atoms with Crippen LogP contribution in [-0.4, -0.2) is 0 Å². The number of hydrogen-bond donors (Lipinski definition) is 0. The van der Waals surface area contributed by atoms with E-state index in [-0.39, 0.29) is 5.56 Å². The van der Waals surface area contributed by atoms with Gasteiger partial charge in [-0.3, -0.25) is 0 Å². The number of benzene rings is 3. The van der Waals surface area contributed by atoms with Gasteiger partial charge in [-0.25, -0.2) is 13.8 Å². The van der Waals surface area contributed by atoms with Gasteiger partial charge in [-0.05, 0) is 35.4 Å². The van der Waals surface area contributed by atoms with Crippen molar-refractivity contribution in [2.75, 3.05) is 0 Å². The first-order chi connectivity index (χ1) is 17.5. The van der Waals surface area contributed by atoms with E-state index in [0.717, 1.165) is 33.0 Å². The van der Waals surface area contributed by atoms with Gasteiger partial charge >= 0.3 is 0 Å². The highest BCUT2D eigenvalue weighted by atomic mass is 19.1. The molecule has 3 nitrogen and oxygen atoms in total. The molecule has 5 aromatic rings. The molecule has 0 fully saturated rings. The Hall–Kier alpha value is -3.97. The molecule has 0 aliphatic rings. The molecule has 3 aromatic carbocycles. The molecule has 0 atom stereocenters. The lowest BCUT2D eigenvalue weighted by molar-refractivity contribution is -0.661. The minimum absolute atomic E-state index is 0.0171. The third-order valence-electron chi connectivity index (χ3n) is 6.18. The molecule has 174 valence electrons. The zero-order valence-corrected chi connectivity index (χ0v) is 20.5. The molecule has 35 heavy (non-hydrogen) atoms. The van der Waals surface area contributed by atoms with Gasteiger partial charge in [-0.1, -0.05) is 75.4 Å². The predicted molar refractivity (Wildman–Crippen MR) is 140 cm³/mol. The second-order valence-electron chi connectivity index (χ2n) is 9.96. The first kappa shape index (κ1) is 20.4. The van der Waals surface area contributed by atoms with Gasteiger partial charge in [0.1, 0.15) is 24.0 Å². The van der Waals surface area contributed by atoms with Crippen LogP contribution in [0.4, 0.5) is 10.1 Å². The van der Waals surface area contributed by atoms with Crippen LogP contribution in [0.25, 0.3) is 49.2 Å². The largest absolute Gasteiger partial charge is 0.466 e. The Kier molecular flexibility index (Phi) is 4.87. The first-order valence-electron chi connectivity index (χ1n) is 12.6. The van der Waals surface area contributed by atoms with Crippen LogP contribution in [0.5, 0.6) is 0 Å². The summed E-state index contributed by atoms with van der Waals surface area (Å²) in [6.07, 6.45) is -0.332. The lowest BCUT2D eigenvalue weighted by Crippen LogP contribution is -2.33. The molecule has 0 bridgehead atoms. The number of fused-ring (bicyclic) bond motifs is 3. The van der Waals surface area contributed by atoms with Crippen LogP contribution >= 0.6 is 0 Å². The van der Waals surface area contributed by atoms with Crippen molar-refractivity contribution >= 4 is 27.6 Å². The van der Waals surface area contributed by atoms with Crippen molar-refractivity contribution in [3.8, 4) is 22.4 Å². The number of pyridine rings is 1. The normalized spacial score (nSPS) is 13.1. The highest BCUT2D eigenvalue weighted by Crippen LogP contribution is 2.44. The Bertz CT molecular complexity index is 1720. The summed E-state index contributed by atoms with van der Waals surface area (Å²) in [7, 11) is 1.79. The highest BCUT2D eigenvalue weighted by Gasteiger charge is 2.26. The molecule has 2 heterocycles. The SMILES string of the molecule is [2H]C([2H])(c1c[n+](C)c(-c2c(C)ccc3c2oc2c([N+]#[C-])c(-c4ccccc4)ccc23)cc1F)C(C)(C)C. The molecule has 0 spiro atoms. The molecule has 0 unspecified atom stereocenters. The van der Waals surface area contributed by atoms with Gasteiger partial charge in [0.15, 0.2) is 6.20 Å². The van der Waals surface area contributed by atoms with Crippen molar-refractivity contribution in [1.29, 1.82) is 0 Å². The van der Waals surface area contributed by atoms with Crippen molar-refractivity contribution in [3.05, 3.63) is 95.2 Å². The van der Waals surface area contributed by atoms with Gasteiger partial charge < -0.3 is 4.42 Å². The molecule has 0 amide bonds. The van der Waals surface area contributed by atoms with Crippen molar-refractivity contribution in [3.63, 3.8) is 0 Å². The Morgan fingerprint density at radius 3 is 2.40 bits per heavy atom. The third-order valence-corrected chi connectivity index (χ3v) is 6.18.